The molecule has 0 amide bonds. The Kier molecular flexibility index (Phi) is 2.40. The fraction of sp³-hybridized carbons (Fsp3) is 0.385. The van der Waals surface area contributed by atoms with Crippen LogP contribution >= 0.6 is 0 Å². The lowest BCUT2D eigenvalue weighted by Crippen LogP contribution is -2.15. The lowest BCUT2D eigenvalue weighted by Gasteiger charge is -1.99. The molecule has 0 radical (unpaired) electrons. The second-order valence-corrected chi connectivity index (χ2v) is 4.57. The Morgan fingerprint density at radius 3 is 2.82 bits per heavy atom. The zero-order valence-electron chi connectivity index (χ0n) is 9.52. The Labute approximate surface area is 97.6 Å². The van der Waals surface area contributed by atoms with Gasteiger partial charge < -0.3 is 9.73 Å². The van der Waals surface area contributed by atoms with Crippen molar-refractivity contribution in [2.75, 3.05) is 0 Å². The van der Waals surface area contributed by atoms with Crippen molar-refractivity contribution < 1.29 is 13.2 Å². The zero-order valence-corrected chi connectivity index (χ0v) is 9.52. The average Bonchev–Trinajstić information content (AvgIpc) is 3.01. The van der Waals surface area contributed by atoms with E-state index in [1.54, 1.807) is 6.92 Å². The summed E-state index contributed by atoms with van der Waals surface area (Å²) in [5, 5.41) is 3.69. The van der Waals surface area contributed by atoms with Crippen LogP contribution in [0.2, 0.25) is 0 Å². The number of aryl methyl sites for hydroxylation is 1. The Balaban J connectivity index is 2.01. The van der Waals surface area contributed by atoms with Crippen molar-refractivity contribution in [3.05, 3.63) is 35.1 Å². The first-order chi connectivity index (χ1) is 8.15. The number of halogens is 2. The van der Waals surface area contributed by atoms with E-state index in [-0.39, 0.29) is 5.58 Å². The van der Waals surface area contributed by atoms with Gasteiger partial charge in [0, 0.05) is 23.7 Å². The molecule has 1 N–H and O–H groups in total. The van der Waals surface area contributed by atoms with Crippen molar-refractivity contribution in [3.63, 3.8) is 0 Å². The number of hydrogen-bond donors (Lipinski definition) is 1. The lowest BCUT2D eigenvalue weighted by atomic mass is 10.1. The Hall–Kier alpha value is -1.42. The van der Waals surface area contributed by atoms with Gasteiger partial charge in [-0.05, 0) is 19.8 Å². The minimum atomic E-state index is -0.606. The summed E-state index contributed by atoms with van der Waals surface area (Å²) in [6, 6.07) is 2.68. The normalized spacial score (nSPS) is 15.7. The highest BCUT2D eigenvalue weighted by atomic mass is 19.1. The molecule has 0 aliphatic heterocycles. The predicted molar refractivity (Wildman–Crippen MR) is 60.7 cm³/mol. The first kappa shape index (κ1) is 10.7. The van der Waals surface area contributed by atoms with Crippen molar-refractivity contribution in [2.24, 2.45) is 0 Å². The molecular weight excluding hydrogens is 224 g/mol. The maximum absolute atomic E-state index is 13.6. The van der Waals surface area contributed by atoms with Crippen molar-refractivity contribution >= 4 is 11.0 Å². The number of furan rings is 1. The first-order valence-electron chi connectivity index (χ1n) is 5.75. The smallest absolute Gasteiger partial charge is 0.140 e. The van der Waals surface area contributed by atoms with E-state index in [2.05, 4.69) is 5.32 Å². The summed E-state index contributed by atoms with van der Waals surface area (Å²) in [7, 11) is 0. The molecule has 1 saturated carbocycles. The Morgan fingerprint density at radius 1 is 1.35 bits per heavy atom. The number of benzene rings is 1. The quantitative estimate of drug-likeness (QED) is 0.886. The van der Waals surface area contributed by atoms with Gasteiger partial charge in [-0.2, -0.15) is 0 Å². The Morgan fingerprint density at radius 2 is 2.12 bits per heavy atom. The molecule has 0 atom stereocenters. The van der Waals surface area contributed by atoms with Crippen LogP contribution in [-0.2, 0) is 6.54 Å². The molecule has 1 aromatic carbocycles. The van der Waals surface area contributed by atoms with Gasteiger partial charge in [0.25, 0.3) is 0 Å². The molecule has 2 nitrogen and oxygen atoms in total. The van der Waals surface area contributed by atoms with Gasteiger partial charge >= 0.3 is 0 Å². The van der Waals surface area contributed by atoms with Gasteiger partial charge in [0.15, 0.2) is 0 Å². The maximum Gasteiger partial charge on any atom is 0.140 e. The van der Waals surface area contributed by atoms with Crippen molar-refractivity contribution in [3.8, 4) is 0 Å². The standard InChI is InChI=1S/C13H13F2NO/c1-7-12(6-16-9-2-3-9)17-11-5-8(14)4-10(15)13(7)11/h4-5,9,16H,2-3,6H2,1H3. The van der Waals surface area contributed by atoms with E-state index in [0.29, 0.717) is 23.7 Å². The molecule has 4 heteroatoms. The van der Waals surface area contributed by atoms with E-state index in [0.717, 1.165) is 11.6 Å². The van der Waals surface area contributed by atoms with Crippen LogP contribution in [0.25, 0.3) is 11.0 Å². The van der Waals surface area contributed by atoms with Gasteiger partial charge in [-0.1, -0.05) is 0 Å². The van der Waals surface area contributed by atoms with E-state index >= 15 is 0 Å². The van der Waals surface area contributed by atoms with Gasteiger partial charge in [-0.3, -0.25) is 0 Å². The lowest BCUT2D eigenvalue weighted by molar-refractivity contribution is 0.506. The van der Waals surface area contributed by atoms with Crippen molar-refractivity contribution in [2.45, 2.75) is 32.4 Å². The summed E-state index contributed by atoms with van der Waals surface area (Å²) in [4.78, 5) is 0. The molecule has 1 heterocycles. The molecule has 1 aromatic heterocycles. The summed E-state index contributed by atoms with van der Waals surface area (Å²) in [6.07, 6.45) is 2.37. The highest BCUT2D eigenvalue weighted by molar-refractivity contribution is 5.82. The SMILES string of the molecule is Cc1c(CNC2CC2)oc2cc(F)cc(F)c12. The summed E-state index contributed by atoms with van der Waals surface area (Å²) >= 11 is 0. The fourth-order valence-corrected chi connectivity index (χ4v) is 2.04. The second-order valence-electron chi connectivity index (χ2n) is 4.57. The van der Waals surface area contributed by atoms with Crippen LogP contribution in [0.4, 0.5) is 8.78 Å². The first-order valence-corrected chi connectivity index (χ1v) is 5.75. The van der Waals surface area contributed by atoms with Gasteiger partial charge in [0.1, 0.15) is 23.0 Å². The predicted octanol–water partition coefficient (Wildman–Crippen LogP) is 3.27. The van der Waals surface area contributed by atoms with Crippen LogP contribution in [0, 0.1) is 18.6 Å². The minimum absolute atomic E-state index is 0.285. The summed E-state index contributed by atoms with van der Waals surface area (Å²) in [6.45, 7) is 2.38. The van der Waals surface area contributed by atoms with E-state index in [1.165, 1.54) is 18.9 Å². The average molecular weight is 237 g/mol. The molecule has 1 aliphatic rings. The molecule has 3 rings (SSSR count). The Bertz CT molecular complexity index is 572. The van der Waals surface area contributed by atoms with E-state index in [1.807, 2.05) is 0 Å². The molecule has 0 spiro atoms. The van der Waals surface area contributed by atoms with E-state index < -0.39 is 11.6 Å². The second kappa shape index (κ2) is 3.81. The maximum atomic E-state index is 13.6. The van der Waals surface area contributed by atoms with Gasteiger partial charge in [0.2, 0.25) is 0 Å². The van der Waals surface area contributed by atoms with Crippen LogP contribution in [0.15, 0.2) is 16.5 Å². The molecule has 0 bridgehead atoms. The highest BCUT2D eigenvalue weighted by Crippen LogP contribution is 2.29. The van der Waals surface area contributed by atoms with E-state index in [9.17, 15) is 8.78 Å². The monoisotopic (exact) mass is 237 g/mol. The molecule has 0 unspecified atom stereocenters. The third kappa shape index (κ3) is 1.93. The summed E-state index contributed by atoms with van der Waals surface area (Å²) in [5.41, 5.74) is 1.04. The number of rotatable bonds is 3. The van der Waals surface area contributed by atoms with Gasteiger partial charge in [-0.15, -0.1) is 0 Å². The van der Waals surface area contributed by atoms with Crippen molar-refractivity contribution in [1.82, 2.24) is 5.32 Å². The van der Waals surface area contributed by atoms with Crippen LogP contribution in [0.5, 0.6) is 0 Å². The van der Waals surface area contributed by atoms with Crippen molar-refractivity contribution in [1.29, 1.82) is 0 Å². The third-order valence-electron chi connectivity index (χ3n) is 3.17. The molecule has 1 aliphatic carbocycles. The highest BCUT2D eigenvalue weighted by Gasteiger charge is 2.22. The van der Waals surface area contributed by atoms with Crippen LogP contribution in [0.3, 0.4) is 0 Å². The van der Waals surface area contributed by atoms with Gasteiger partial charge in [0.05, 0.1) is 11.9 Å². The topological polar surface area (TPSA) is 25.2 Å². The summed E-state index contributed by atoms with van der Waals surface area (Å²) < 4.78 is 32.2. The van der Waals surface area contributed by atoms with E-state index in [4.69, 9.17) is 4.42 Å². The minimum Gasteiger partial charge on any atom is -0.459 e. The number of fused-ring (bicyclic) bond motifs is 1. The molecule has 1 fully saturated rings. The molecule has 2 aromatic rings. The van der Waals surface area contributed by atoms with Gasteiger partial charge in [-0.25, -0.2) is 8.78 Å². The largest absolute Gasteiger partial charge is 0.459 e. The fourth-order valence-electron chi connectivity index (χ4n) is 2.04. The number of hydrogen-bond acceptors (Lipinski definition) is 2. The molecular formula is C13H13F2NO. The molecule has 17 heavy (non-hydrogen) atoms. The molecule has 0 saturated heterocycles. The van der Waals surface area contributed by atoms with Crippen LogP contribution in [-0.4, -0.2) is 6.04 Å². The number of nitrogens with one attached hydrogen (secondary N) is 1. The summed E-state index contributed by atoms with van der Waals surface area (Å²) in [5.74, 6) is -0.472. The third-order valence-corrected chi connectivity index (χ3v) is 3.17. The van der Waals surface area contributed by atoms with Crippen LogP contribution < -0.4 is 5.32 Å². The zero-order chi connectivity index (χ0) is 12.0. The van der Waals surface area contributed by atoms with Crippen LogP contribution in [0.1, 0.15) is 24.2 Å². The molecule has 90 valence electrons.